The number of ether oxygens (including phenoxy) is 1. The van der Waals surface area contributed by atoms with E-state index in [9.17, 15) is 4.79 Å². The molecule has 0 N–H and O–H groups in total. The minimum atomic E-state index is -0.150. The van der Waals surface area contributed by atoms with Crippen LogP contribution < -0.4 is 4.74 Å². The van der Waals surface area contributed by atoms with Crippen LogP contribution in [0.5, 0.6) is 5.75 Å². The highest BCUT2D eigenvalue weighted by atomic mass is 32.2. The van der Waals surface area contributed by atoms with E-state index < -0.39 is 0 Å². The summed E-state index contributed by atoms with van der Waals surface area (Å²) in [6, 6.07) is 21.2. The average molecular weight is 500 g/mol. The maximum Gasteiger partial charge on any atom is 0.266 e. The number of thioether (sulfide) groups is 1. The van der Waals surface area contributed by atoms with Crippen LogP contribution in [-0.2, 0) is 11.3 Å². The van der Waals surface area contributed by atoms with E-state index >= 15 is 0 Å². The number of rotatable bonds is 8. The Kier molecular flexibility index (Phi) is 6.65. The molecule has 4 aromatic rings. The number of nitrogens with zero attached hydrogens (tertiary/aromatic N) is 3. The van der Waals surface area contributed by atoms with Gasteiger partial charge in [0.2, 0.25) is 0 Å². The highest BCUT2D eigenvalue weighted by Crippen LogP contribution is 2.36. The average Bonchev–Trinajstić information content (AvgIpc) is 3.61. The fourth-order valence-corrected chi connectivity index (χ4v) is 4.88. The first-order valence-corrected chi connectivity index (χ1v) is 12.1. The summed E-state index contributed by atoms with van der Waals surface area (Å²) in [7, 11) is 0. The fourth-order valence-electron chi connectivity index (χ4n) is 3.63. The van der Waals surface area contributed by atoms with Crippen LogP contribution in [0, 0.1) is 0 Å². The van der Waals surface area contributed by atoms with E-state index in [1.807, 2.05) is 77.6 Å². The molecule has 0 bridgehead atoms. The standard InChI is InChI=1S/C27H21N3O3S2/c1-2-14-32-22-12-10-19(11-13-22)25-20(17-30(28-25)21-7-4-3-5-8-21)16-24-26(31)29(27(34)35-24)18-23-9-6-15-33-23/h2-13,15-17H,1,14,18H2. The van der Waals surface area contributed by atoms with Crippen molar-refractivity contribution in [3.05, 3.63) is 108 Å². The molecule has 6 nitrogen and oxygen atoms in total. The van der Waals surface area contributed by atoms with E-state index in [1.54, 1.807) is 23.3 Å². The molecule has 2 aromatic carbocycles. The topological polar surface area (TPSA) is 60.5 Å². The lowest BCUT2D eigenvalue weighted by molar-refractivity contribution is -0.122. The molecular formula is C27H21N3O3S2. The highest BCUT2D eigenvalue weighted by Gasteiger charge is 2.33. The summed E-state index contributed by atoms with van der Waals surface area (Å²) in [6.07, 6.45) is 7.06. The van der Waals surface area contributed by atoms with Gasteiger partial charge in [0.15, 0.2) is 0 Å². The van der Waals surface area contributed by atoms with Crippen molar-refractivity contribution in [3.63, 3.8) is 0 Å². The predicted molar refractivity (Wildman–Crippen MR) is 142 cm³/mol. The van der Waals surface area contributed by atoms with Crippen molar-refractivity contribution >= 4 is 40.3 Å². The number of carbonyl (C=O) groups is 1. The molecule has 0 unspecified atom stereocenters. The third-order valence-corrected chi connectivity index (χ3v) is 6.69. The molecule has 1 fully saturated rings. The summed E-state index contributed by atoms with van der Waals surface area (Å²) in [5, 5.41) is 4.84. The summed E-state index contributed by atoms with van der Waals surface area (Å²) in [4.78, 5) is 15.3. The van der Waals surface area contributed by atoms with Crippen LogP contribution in [0.1, 0.15) is 11.3 Å². The first kappa shape index (κ1) is 22.9. The third kappa shape index (κ3) is 4.99. The van der Waals surface area contributed by atoms with Gasteiger partial charge in [-0.05, 0) is 54.6 Å². The molecule has 1 aliphatic rings. The lowest BCUT2D eigenvalue weighted by atomic mass is 10.1. The number of benzene rings is 2. The van der Waals surface area contributed by atoms with Gasteiger partial charge in [-0.3, -0.25) is 9.69 Å². The number of hydrogen-bond acceptors (Lipinski definition) is 6. The number of hydrogen-bond donors (Lipinski definition) is 0. The Bertz CT molecular complexity index is 1390. The Hall–Kier alpha value is -3.88. The Balaban J connectivity index is 1.50. The van der Waals surface area contributed by atoms with E-state index in [4.69, 9.17) is 26.5 Å². The molecule has 0 spiro atoms. The van der Waals surface area contributed by atoms with Gasteiger partial charge in [0.25, 0.3) is 5.91 Å². The molecule has 1 amide bonds. The van der Waals surface area contributed by atoms with Gasteiger partial charge >= 0.3 is 0 Å². The van der Waals surface area contributed by atoms with Gasteiger partial charge in [0.1, 0.15) is 22.4 Å². The van der Waals surface area contributed by atoms with Crippen LogP contribution in [0.2, 0.25) is 0 Å². The Morgan fingerprint density at radius 2 is 1.89 bits per heavy atom. The number of amides is 1. The monoisotopic (exact) mass is 499 g/mol. The van der Waals surface area contributed by atoms with Crippen molar-refractivity contribution in [2.45, 2.75) is 6.54 Å². The van der Waals surface area contributed by atoms with Crippen LogP contribution in [-0.4, -0.2) is 31.5 Å². The number of furan rings is 1. The molecule has 8 heteroatoms. The number of para-hydroxylation sites is 1. The van der Waals surface area contributed by atoms with Gasteiger partial charge < -0.3 is 9.15 Å². The number of aromatic nitrogens is 2. The SMILES string of the molecule is C=CCOc1ccc(-c2nn(-c3ccccc3)cc2C=C2SC(=S)N(Cc3ccco3)C2=O)cc1. The quantitative estimate of drug-likeness (QED) is 0.166. The molecular weight excluding hydrogens is 478 g/mol. The van der Waals surface area contributed by atoms with Crippen LogP contribution >= 0.6 is 24.0 Å². The van der Waals surface area contributed by atoms with Crippen molar-refractivity contribution in [2.24, 2.45) is 0 Å². The predicted octanol–water partition coefficient (Wildman–Crippen LogP) is 6.10. The highest BCUT2D eigenvalue weighted by molar-refractivity contribution is 8.26. The van der Waals surface area contributed by atoms with Crippen molar-refractivity contribution in [1.82, 2.24) is 14.7 Å². The largest absolute Gasteiger partial charge is 0.490 e. The zero-order chi connectivity index (χ0) is 24.2. The smallest absolute Gasteiger partial charge is 0.266 e. The van der Waals surface area contributed by atoms with Gasteiger partial charge in [-0.25, -0.2) is 4.68 Å². The Morgan fingerprint density at radius 1 is 1.09 bits per heavy atom. The van der Waals surface area contributed by atoms with Gasteiger partial charge in [-0.1, -0.05) is 54.8 Å². The molecule has 1 saturated heterocycles. The molecule has 3 heterocycles. The number of thiocarbonyl (C=S) groups is 1. The van der Waals surface area contributed by atoms with Crippen LogP contribution in [0.4, 0.5) is 0 Å². The molecule has 174 valence electrons. The fraction of sp³-hybridized carbons (Fsp3) is 0.0741. The Morgan fingerprint density at radius 3 is 2.60 bits per heavy atom. The zero-order valence-corrected chi connectivity index (χ0v) is 20.3. The van der Waals surface area contributed by atoms with Crippen LogP contribution in [0.25, 0.3) is 23.0 Å². The molecule has 0 saturated carbocycles. The van der Waals surface area contributed by atoms with E-state index in [-0.39, 0.29) is 5.91 Å². The summed E-state index contributed by atoms with van der Waals surface area (Å²) in [6.45, 7) is 4.42. The van der Waals surface area contributed by atoms with E-state index in [0.717, 1.165) is 28.3 Å². The molecule has 0 aliphatic carbocycles. The van der Waals surface area contributed by atoms with Crippen molar-refractivity contribution in [2.75, 3.05) is 6.61 Å². The summed E-state index contributed by atoms with van der Waals surface area (Å²) >= 11 is 6.76. The molecule has 0 atom stereocenters. The van der Waals surface area contributed by atoms with Crippen LogP contribution in [0.3, 0.4) is 0 Å². The van der Waals surface area contributed by atoms with Crippen molar-refractivity contribution in [1.29, 1.82) is 0 Å². The maximum absolute atomic E-state index is 13.2. The molecule has 2 aromatic heterocycles. The van der Waals surface area contributed by atoms with Gasteiger partial charge in [-0.2, -0.15) is 5.10 Å². The lowest BCUT2D eigenvalue weighted by Gasteiger charge is -2.11. The first-order valence-electron chi connectivity index (χ1n) is 10.9. The maximum atomic E-state index is 13.2. The second kappa shape index (κ2) is 10.2. The van der Waals surface area contributed by atoms with Crippen molar-refractivity contribution in [3.8, 4) is 22.7 Å². The summed E-state index contributed by atoms with van der Waals surface area (Å²) in [5.74, 6) is 1.28. The number of carbonyl (C=O) groups excluding carboxylic acids is 1. The van der Waals surface area contributed by atoms with E-state index in [1.165, 1.54) is 11.8 Å². The minimum absolute atomic E-state index is 0.150. The molecule has 0 radical (unpaired) electrons. The zero-order valence-electron chi connectivity index (χ0n) is 18.7. The van der Waals surface area contributed by atoms with Gasteiger partial charge in [-0.15, -0.1) is 0 Å². The first-order chi connectivity index (χ1) is 17.1. The van der Waals surface area contributed by atoms with Gasteiger partial charge in [0, 0.05) is 17.3 Å². The van der Waals surface area contributed by atoms with Gasteiger partial charge in [0.05, 0.1) is 29.1 Å². The second-order valence-corrected chi connectivity index (χ2v) is 9.36. The molecule has 35 heavy (non-hydrogen) atoms. The Labute approximate surface area is 212 Å². The molecule has 1 aliphatic heterocycles. The lowest BCUT2D eigenvalue weighted by Crippen LogP contribution is -2.27. The van der Waals surface area contributed by atoms with Crippen LogP contribution in [0.15, 0.2) is 101 Å². The summed E-state index contributed by atoms with van der Waals surface area (Å²) < 4.78 is 13.3. The normalized spacial score (nSPS) is 14.6. The third-order valence-electron chi connectivity index (χ3n) is 5.31. The van der Waals surface area contributed by atoms with E-state index in [0.29, 0.717) is 28.1 Å². The van der Waals surface area contributed by atoms with Crippen molar-refractivity contribution < 1.29 is 13.9 Å². The second-order valence-electron chi connectivity index (χ2n) is 7.68. The molecule has 5 rings (SSSR count). The summed E-state index contributed by atoms with van der Waals surface area (Å²) in [5.41, 5.74) is 3.39. The van der Waals surface area contributed by atoms with E-state index in [2.05, 4.69) is 6.58 Å². The minimum Gasteiger partial charge on any atom is -0.490 e.